The summed E-state index contributed by atoms with van der Waals surface area (Å²) in [5.74, 6) is 0. The second-order valence-electron chi connectivity index (χ2n) is 4.37. The summed E-state index contributed by atoms with van der Waals surface area (Å²) in [5.41, 5.74) is 6.00. The van der Waals surface area contributed by atoms with Crippen LogP contribution >= 0.6 is 0 Å². The summed E-state index contributed by atoms with van der Waals surface area (Å²) >= 11 is 0. The summed E-state index contributed by atoms with van der Waals surface area (Å²) in [5, 5.41) is 9.17. The van der Waals surface area contributed by atoms with E-state index in [0.717, 1.165) is 5.56 Å². The van der Waals surface area contributed by atoms with Crippen molar-refractivity contribution in [2.75, 3.05) is 6.54 Å². The molecule has 0 radical (unpaired) electrons. The van der Waals surface area contributed by atoms with Gasteiger partial charge in [-0.05, 0) is 19.4 Å². The molecule has 16 heavy (non-hydrogen) atoms. The number of benzene rings is 1. The molecule has 88 valence electrons. The van der Waals surface area contributed by atoms with E-state index in [1.165, 1.54) is 4.90 Å². The molecular weight excluding hydrogens is 204 g/mol. The first-order valence-corrected chi connectivity index (χ1v) is 5.22. The van der Waals surface area contributed by atoms with Crippen molar-refractivity contribution >= 4 is 6.09 Å². The third kappa shape index (κ3) is 2.97. The van der Waals surface area contributed by atoms with Crippen LogP contribution in [0.4, 0.5) is 4.79 Å². The molecule has 4 nitrogen and oxygen atoms in total. The molecule has 0 aromatic heterocycles. The maximum absolute atomic E-state index is 11.2. The van der Waals surface area contributed by atoms with Crippen LogP contribution in [0.25, 0.3) is 0 Å². The van der Waals surface area contributed by atoms with Gasteiger partial charge in [0.05, 0.1) is 5.54 Å². The van der Waals surface area contributed by atoms with Crippen LogP contribution in [-0.4, -0.2) is 28.2 Å². The molecule has 0 bridgehead atoms. The predicted molar refractivity (Wildman–Crippen MR) is 63.1 cm³/mol. The molecule has 0 unspecified atom stereocenters. The van der Waals surface area contributed by atoms with Gasteiger partial charge in [0, 0.05) is 13.1 Å². The highest BCUT2D eigenvalue weighted by atomic mass is 16.4. The van der Waals surface area contributed by atoms with Crippen molar-refractivity contribution in [2.24, 2.45) is 5.73 Å². The van der Waals surface area contributed by atoms with Gasteiger partial charge in [0.2, 0.25) is 0 Å². The smallest absolute Gasteiger partial charge is 0.408 e. The van der Waals surface area contributed by atoms with E-state index in [1.807, 2.05) is 44.2 Å². The van der Waals surface area contributed by atoms with E-state index in [2.05, 4.69) is 0 Å². The predicted octanol–water partition coefficient (Wildman–Crippen LogP) is 1.90. The summed E-state index contributed by atoms with van der Waals surface area (Å²) in [4.78, 5) is 12.5. The number of hydrogen-bond acceptors (Lipinski definition) is 2. The minimum Gasteiger partial charge on any atom is -0.465 e. The lowest BCUT2D eigenvalue weighted by Crippen LogP contribution is -2.51. The minimum atomic E-state index is -0.945. The standard InChI is InChI=1S/C12H18N2O2/c1-12(2,9-13)14(11(15)16)8-10-6-4-3-5-7-10/h3-7H,8-9,13H2,1-2H3,(H,15,16). The molecule has 0 spiro atoms. The number of carboxylic acid groups (broad SMARTS) is 1. The quantitative estimate of drug-likeness (QED) is 0.817. The molecule has 0 aliphatic carbocycles. The third-order valence-electron chi connectivity index (χ3n) is 2.64. The largest absolute Gasteiger partial charge is 0.465 e. The Hall–Kier alpha value is -1.55. The van der Waals surface area contributed by atoms with Crippen LogP contribution in [-0.2, 0) is 6.54 Å². The Labute approximate surface area is 95.7 Å². The lowest BCUT2D eigenvalue weighted by molar-refractivity contribution is 0.0908. The molecule has 0 atom stereocenters. The number of carbonyl (C=O) groups is 1. The molecular formula is C12H18N2O2. The SMILES string of the molecule is CC(C)(CN)N(Cc1ccccc1)C(=O)O. The molecule has 3 N–H and O–H groups in total. The van der Waals surface area contributed by atoms with Gasteiger partial charge in [-0.25, -0.2) is 4.79 Å². The van der Waals surface area contributed by atoms with Crippen LogP contribution in [0.5, 0.6) is 0 Å². The van der Waals surface area contributed by atoms with Gasteiger partial charge < -0.3 is 10.8 Å². The first-order valence-electron chi connectivity index (χ1n) is 5.22. The Kier molecular flexibility index (Phi) is 3.90. The van der Waals surface area contributed by atoms with E-state index in [9.17, 15) is 9.90 Å². The molecule has 0 aliphatic rings. The van der Waals surface area contributed by atoms with Crippen molar-refractivity contribution in [3.8, 4) is 0 Å². The molecule has 0 aliphatic heterocycles. The molecule has 1 aromatic rings. The Balaban J connectivity index is 2.85. The van der Waals surface area contributed by atoms with Crippen molar-refractivity contribution in [2.45, 2.75) is 25.9 Å². The van der Waals surface area contributed by atoms with E-state index < -0.39 is 11.6 Å². The second kappa shape index (κ2) is 4.99. The molecule has 0 fully saturated rings. The van der Waals surface area contributed by atoms with Crippen molar-refractivity contribution in [1.82, 2.24) is 4.90 Å². The Bertz CT molecular complexity index is 349. The minimum absolute atomic E-state index is 0.298. The average molecular weight is 222 g/mol. The van der Waals surface area contributed by atoms with Crippen LogP contribution in [0, 0.1) is 0 Å². The highest BCUT2D eigenvalue weighted by Crippen LogP contribution is 2.16. The second-order valence-corrected chi connectivity index (χ2v) is 4.37. The molecule has 0 saturated carbocycles. The van der Waals surface area contributed by atoms with Crippen molar-refractivity contribution in [3.05, 3.63) is 35.9 Å². The Morgan fingerprint density at radius 3 is 2.38 bits per heavy atom. The van der Waals surface area contributed by atoms with Crippen molar-refractivity contribution in [3.63, 3.8) is 0 Å². The average Bonchev–Trinajstić information content (AvgIpc) is 2.26. The summed E-state index contributed by atoms with van der Waals surface area (Å²) in [6, 6.07) is 9.50. The zero-order valence-electron chi connectivity index (χ0n) is 9.68. The van der Waals surface area contributed by atoms with Crippen molar-refractivity contribution < 1.29 is 9.90 Å². The van der Waals surface area contributed by atoms with E-state index in [4.69, 9.17) is 5.73 Å². The van der Waals surface area contributed by atoms with Crippen LogP contribution in [0.3, 0.4) is 0 Å². The Morgan fingerprint density at radius 1 is 1.38 bits per heavy atom. The fraction of sp³-hybridized carbons (Fsp3) is 0.417. The fourth-order valence-electron chi connectivity index (χ4n) is 1.42. The molecule has 4 heteroatoms. The van der Waals surface area contributed by atoms with Gasteiger partial charge in [-0.15, -0.1) is 0 Å². The zero-order chi connectivity index (χ0) is 12.2. The highest BCUT2D eigenvalue weighted by Gasteiger charge is 2.29. The van der Waals surface area contributed by atoms with Crippen LogP contribution in [0.2, 0.25) is 0 Å². The topological polar surface area (TPSA) is 66.6 Å². The Morgan fingerprint density at radius 2 is 1.94 bits per heavy atom. The summed E-state index contributed by atoms with van der Waals surface area (Å²) in [7, 11) is 0. The molecule has 0 saturated heterocycles. The van der Waals surface area contributed by atoms with Crippen LogP contribution in [0.1, 0.15) is 19.4 Å². The first kappa shape index (κ1) is 12.5. The zero-order valence-corrected chi connectivity index (χ0v) is 9.68. The molecule has 1 amide bonds. The van der Waals surface area contributed by atoms with Gasteiger partial charge >= 0.3 is 6.09 Å². The molecule has 0 heterocycles. The van der Waals surface area contributed by atoms with Gasteiger partial charge in [0.1, 0.15) is 0 Å². The number of nitrogens with two attached hydrogens (primary N) is 1. The monoisotopic (exact) mass is 222 g/mol. The number of nitrogens with zero attached hydrogens (tertiary/aromatic N) is 1. The maximum atomic E-state index is 11.2. The summed E-state index contributed by atoms with van der Waals surface area (Å²) in [6.45, 7) is 4.31. The lowest BCUT2D eigenvalue weighted by Gasteiger charge is -2.35. The van der Waals surface area contributed by atoms with Crippen LogP contribution in [0.15, 0.2) is 30.3 Å². The van der Waals surface area contributed by atoms with E-state index in [-0.39, 0.29) is 0 Å². The number of amides is 1. The van der Waals surface area contributed by atoms with Gasteiger partial charge in [0.15, 0.2) is 0 Å². The number of hydrogen-bond donors (Lipinski definition) is 2. The molecule has 1 aromatic carbocycles. The first-order chi connectivity index (χ1) is 7.47. The molecule has 1 rings (SSSR count). The maximum Gasteiger partial charge on any atom is 0.408 e. The van der Waals surface area contributed by atoms with E-state index >= 15 is 0 Å². The summed E-state index contributed by atoms with van der Waals surface area (Å²) in [6.07, 6.45) is -0.945. The van der Waals surface area contributed by atoms with Gasteiger partial charge in [-0.1, -0.05) is 30.3 Å². The normalized spacial score (nSPS) is 11.2. The van der Waals surface area contributed by atoms with Gasteiger partial charge in [-0.2, -0.15) is 0 Å². The lowest BCUT2D eigenvalue weighted by atomic mass is 10.0. The van der Waals surface area contributed by atoms with Gasteiger partial charge in [0.25, 0.3) is 0 Å². The summed E-state index contributed by atoms with van der Waals surface area (Å²) < 4.78 is 0. The number of rotatable bonds is 4. The van der Waals surface area contributed by atoms with E-state index in [1.54, 1.807) is 0 Å². The fourth-order valence-corrected chi connectivity index (χ4v) is 1.42. The van der Waals surface area contributed by atoms with Gasteiger partial charge in [-0.3, -0.25) is 4.90 Å². The van der Waals surface area contributed by atoms with Crippen molar-refractivity contribution in [1.29, 1.82) is 0 Å². The van der Waals surface area contributed by atoms with E-state index in [0.29, 0.717) is 13.1 Å². The van der Waals surface area contributed by atoms with Crippen LogP contribution < -0.4 is 5.73 Å². The third-order valence-corrected chi connectivity index (χ3v) is 2.64. The highest BCUT2D eigenvalue weighted by molar-refractivity contribution is 5.66.